The van der Waals surface area contributed by atoms with Crippen LogP contribution in [0.3, 0.4) is 0 Å². The van der Waals surface area contributed by atoms with Crippen LogP contribution in [-0.4, -0.2) is 35.1 Å². The fourth-order valence-corrected chi connectivity index (χ4v) is 1.37. The molecule has 3 heteroatoms. The first-order chi connectivity index (χ1) is 6.21. The van der Waals surface area contributed by atoms with E-state index in [1.807, 2.05) is 13.8 Å². The quantitative estimate of drug-likeness (QED) is 0.635. The van der Waals surface area contributed by atoms with Crippen molar-refractivity contribution < 1.29 is 9.90 Å². The Morgan fingerprint density at radius 2 is 2.08 bits per heavy atom. The van der Waals surface area contributed by atoms with Gasteiger partial charge < -0.3 is 10.0 Å². The Morgan fingerprint density at radius 1 is 1.54 bits per heavy atom. The first-order valence-electron chi connectivity index (χ1n) is 4.59. The van der Waals surface area contributed by atoms with E-state index in [0.29, 0.717) is 6.54 Å². The second-order valence-electron chi connectivity index (χ2n) is 2.84. The Hall–Kier alpha value is -1.01. The van der Waals surface area contributed by atoms with Crippen LogP contribution in [0.5, 0.6) is 0 Å². The molecule has 0 unspecified atom stereocenters. The van der Waals surface area contributed by atoms with Crippen molar-refractivity contribution >= 4 is 5.91 Å². The summed E-state index contributed by atoms with van der Waals surface area (Å²) in [4.78, 5) is 12.8. The molecular weight excluding hydrogens is 166 g/mol. The predicted octanol–water partition coefficient (Wildman–Crippen LogP) is 0.629. The van der Waals surface area contributed by atoms with Gasteiger partial charge in [-0.25, -0.2) is 0 Å². The number of carbonyl (C=O) groups is 1. The number of amides is 1. The molecular formula is C10H17NO2. The number of rotatable bonds is 5. The third-order valence-corrected chi connectivity index (χ3v) is 2.11. The van der Waals surface area contributed by atoms with Crippen LogP contribution in [0.25, 0.3) is 0 Å². The molecule has 1 amide bonds. The van der Waals surface area contributed by atoms with E-state index in [2.05, 4.69) is 5.92 Å². The van der Waals surface area contributed by atoms with Crippen LogP contribution in [0.4, 0.5) is 0 Å². The maximum Gasteiger partial charge on any atom is 0.298 e. The molecule has 0 aromatic heterocycles. The van der Waals surface area contributed by atoms with E-state index in [0.717, 1.165) is 12.8 Å². The summed E-state index contributed by atoms with van der Waals surface area (Å²) in [5.74, 6) is 1.74. The molecule has 0 spiro atoms. The largest absolute Gasteiger partial charge is 0.395 e. The minimum absolute atomic E-state index is 0.0378. The molecule has 0 atom stereocenters. The number of nitrogens with zero attached hydrogens (tertiary/aromatic N) is 1. The maximum atomic E-state index is 11.2. The third-order valence-electron chi connectivity index (χ3n) is 2.11. The Kier molecular flexibility index (Phi) is 5.99. The lowest BCUT2D eigenvalue weighted by molar-refractivity contribution is -0.128. The zero-order valence-corrected chi connectivity index (χ0v) is 8.29. The van der Waals surface area contributed by atoms with Gasteiger partial charge in [0.25, 0.3) is 5.91 Å². The Bertz CT molecular complexity index is 192. The highest BCUT2D eigenvalue weighted by Crippen LogP contribution is 2.07. The molecule has 74 valence electrons. The molecule has 0 aromatic rings. The van der Waals surface area contributed by atoms with E-state index in [1.165, 1.54) is 0 Å². The normalized spacial score (nSPS) is 9.77. The van der Waals surface area contributed by atoms with Gasteiger partial charge in [-0.3, -0.25) is 4.79 Å². The summed E-state index contributed by atoms with van der Waals surface area (Å²) in [6.07, 6.45) is 6.76. The Labute approximate surface area is 79.7 Å². The Morgan fingerprint density at radius 3 is 2.38 bits per heavy atom. The van der Waals surface area contributed by atoms with Crippen molar-refractivity contribution in [1.29, 1.82) is 0 Å². The van der Waals surface area contributed by atoms with Gasteiger partial charge in [0.2, 0.25) is 0 Å². The molecule has 0 saturated heterocycles. The van der Waals surface area contributed by atoms with Gasteiger partial charge in [0, 0.05) is 12.6 Å². The molecule has 0 aromatic carbocycles. The van der Waals surface area contributed by atoms with Crippen LogP contribution >= 0.6 is 0 Å². The van der Waals surface area contributed by atoms with E-state index < -0.39 is 0 Å². The fraction of sp³-hybridized carbons (Fsp3) is 0.700. The van der Waals surface area contributed by atoms with Crippen molar-refractivity contribution in [2.75, 3.05) is 13.2 Å². The van der Waals surface area contributed by atoms with Gasteiger partial charge in [-0.05, 0) is 18.8 Å². The van der Waals surface area contributed by atoms with Crippen LogP contribution in [0.15, 0.2) is 0 Å². The fourth-order valence-electron chi connectivity index (χ4n) is 1.37. The molecule has 0 heterocycles. The number of aliphatic hydroxyl groups is 1. The predicted molar refractivity (Wildman–Crippen MR) is 52.0 cm³/mol. The van der Waals surface area contributed by atoms with E-state index in [4.69, 9.17) is 11.5 Å². The molecule has 0 saturated carbocycles. The van der Waals surface area contributed by atoms with Gasteiger partial charge in [0.05, 0.1) is 6.61 Å². The standard InChI is InChI=1S/C10H17NO2/c1-4-9(5-2)11(7-8-12)10(13)6-3/h3,9,12H,4-5,7-8H2,1-2H3. The van der Waals surface area contributed by atoms with E-state index in [9.17, 15) is 4.79 Å². The SMILES string of the molecule is C#CC(=O)N(CCO)C(CC)CC. The highest BCUT2D eigenvalue weighted by Gasteiger charge is 2.18. The lowest BCUT2D eigenvalue weighted by atomic mass is 10.1. The maximum absolute atomic E-state index is 11.2. The number of hydrogen-bond donors (Lipinski definition) is 1. The molecule has 13 heavy (non-hydrogen) atoms. The van der Waals surface area contributed by atoms with Crippen molar-refractivity contribution in [3.63, 3.8) is 0 Å². The van der Waals surface area contributed by atoms with Crippen LogP contribution < -0.4 is 0 Å². The first-order valence-corrected chi connectivity index (χ1v) is 4.59. The van der Waals surface area contributed by atoms with E-state index in [1.54, 1.807) is 4.90 Å². The van der Waals surface area contributed by atoms with Gasteiger partial charge in [-0.15, -0.1) is 6.42 Å². The van der Waals surface area contributed by atoms with Crippen molar-refractivity contribution in [1.82, 2.24) is 4.90 Å². The van der Waals surface area contributed by atoms with Gasteiger partial charge >= 0.3 is 0 Å². The van der Waals surface area contributed by atoms with E-state index >= 15 is 0 Å². The van der Waals surface area contributed by atoms with Crippen molar-refractivity contribution in [3.05, 3.63) is 0 Å². The summed E-state index contributed by atoms with van der Waals surface area (Å²) in [7, 11) is 0. The van der Waals surface area contributed by atoms with E-state index in [-0.39, 0.29) is 18.6 Å². The van der Waals surface area contributed by atoms with Gasteiger partial charge in [0.15, 0.2) is 0 Å². The van der Waals surface area contributed by atoms with Crippen LogP contribution in [-0.2, 0) is 4.79 Å². The molecule has 0 aliphatic heterocycles. The zero-order chi connectivity index (χ0) is 10.3. The molecule has 0 rings (SSSR count). The van der Waals surface area contributed by atoms with Crippen LogP contribution in [0, 0.1) is 12.3 Å². The lowest BCUT2D eigenvalue weighted by Gasteiger charge is -2.27. The van der Waals surface area contributed by atoms with Crippen molar-refractivity contribution in [2.24, 2.45) is 0 Å². The second kappa shape index (κ2) is 6.50. The summed E-state index contributed by atoms with van der Waals surface area (Å²) in [6.45, 7) is 4.30. The number of aliphatic hydroxyl groups excluding tert-OH is 1. The topological polar surface area (TPSA) is 40.5 Å². The summed E-state index contributed by atoms with van der Waals surface area (Å²) in [6, 6.07) is 0.149. The minimum Gasteiger partial charge on any atom is -0.395 e. The average molecular weight is 183 g/mol. The van der Waals surface area contributed by atoms with Crippen LogP contribution in [0.1, 0.15) is 26.7 Å². The lowest BCUT2D eigenvalue weighted by Crippen LogP contribution is -2.40. The molecule has 0 aliphatic rings. The second-order valence-corrected chi connectivity index (χ2v) is 2.84. The van der Waals surface area contributed by atoms with Gasteiger partial charge in [-0.2, -0.15) is 0 Å². The van der Waals surface area contributed by atoms with Gasteiger partial charge in [-0.1, -0.05) is 13.8 Å². The number of terminal acetylenes is 1. The van der Waals surface area contributed by atoms with Crippen LogP contribution in [0.2, 0.25) is 0 Å². The molecule has 3 nitrogen and oxygen atoms in total. The van der Waals surface area contributed by atoms with Gasteiger partial charge in [0.1, 0.15) is 0 Å². The average Bonchev–Trinajstić information content (AvgIpc) is 2.17. The minimum atomic E-state index is -0.331. The number of carbonyl (C=O) groups excluding carboxylic acids is 1. The zero-order valence-electron chi connectivity index (χ0n) is 8.29. The smallest absolute Gasteiger partial charge is 0.298 e. The molecule has 0 fully saturated rings. The van der Waals surface area contributed by atoms with Crippen molar-refractivity contribution in [3.8, 4) is 12.3 Å². The molecule has 0 radical (unpaired) electrons. The first kappa shape index (κ1) is 12.0. The highest BCUT2D eigenvalue weighted by molar-refractivity contribution is 5.93. The summed E-state index contributed by atoms with van der Waals surface area (Å²) in [5.41, 5.74) is 0. The monoisotopic (exact) mass is 183 g/mol. The van der Waals surface area contributed by atoms with Crippen molar-refractivity contribution in [2.45, 2.75) is 32.7 Å². The molecule has 0 bridgehead atoms. The summed E-state index contributed by atoms with van der Waals surface area (Å²) >= 11 is 0. The highest BCUT2D eigenvalue weighted by atomic mass is 16.3. The summed E-state index contributed by atoms with van der Waals surface area (Å²) in [5, 5.41) is 8.76. The number of hydrogen-bond acceptors (Lipinski definition) is 2. The Balaban J connectivity index is 4.39. The molecule has 1 N–H and O–H groups in total. The third kappa shape index (κ3) is 3.47. The summed E-state index contributed by atoms with van der Waals surface area (Å²) < 4.78 is 0. The molecule has 0 aliphatic carbocycles.